The summed E-state index contributed by atoms with van der Waals surface area (Å²) in [6.07, 6.45) is 1.95. The molecule has 0 aromatic heterocycles. The first-order chi connectivity index (χ1) is 8.13. The Hall–Kier alpha value is -1.82. The second kappa shape index (κ2) is 4.58. The summed E-state index contributed by atoms with van der Waals surface area (Å²) in [6, 6.07) is 12.8. The molecule has 0 spiro atoms. The highest BCUT2D eigenvalue weighted by atomic mass is 14.1. The van der Waals surface area contributed by atoms with Crippen LogP contribution in [0.2, 0.25) is 0 Å². The predicted octanol–water partition coefficient (Wildman–Crippen LogP) is 3.24. The summed E-state index contributed by atoms with van der Waals surface area (Å²) in [5.74, 6) is 0.467. The predicted molar refractivity (Wildman–Crippen MR) is 77.2 cm³/mol. The third-order valence-corrected chi connectivity index (χ3v) is 3.12. The molecule has 0 saturated carbocycles. The molecule has 0 aliphatic heterocycles. The van der Waals surface area contributed by atoms with Gasteiger partial charge in [0.2, 0.25) is 0 Å². The fourth-order valence-electron chi connectivity index (χ4n) is 2.21. The number of fused-ring (bicyclic) bond motifs is 1. The molecule has 17 heavy (non-hydrogen) atoms. The molecule has 2 aromatic rings. The van der Waals surface area contributed by atoms with Crippen molar-refractivity contribution in [1.82, 2.24) is 0 Å². The summed E-state index contributed by atoms with van der Waals surface area (Å²) in [4.78, 5) is 0. The Morgan fingerprint density at radius 3 is 2.24 bits per heavy atom. The van der Waals surface area contributed by atoms with E-state index >= 15 is 0 Å². The molecule has 0 amide bonds. The van der Waals surface area contributed by atoms with E-state index in [2.05, 4.69) is 63.4 Å². The number of hydrogen-bond acceptors (Lipinski definition) is 0. The standard InChI is InChI=1S/C17H18/c1-5-16(12(2)3)17-11-15-9-7-6-8-14(15)10-13(17)4/h5-12H,1,4H2,2-3H3/b17-16+. The number of allylic oxidation sites excluding steroid dienone is 1. The van der Waals surface area contributed by atoms with Gasteiger partial charge in [-0.2, -0.15) is 0 Å². The van der Waals surface area contributed by atoms with Crippen molar-refractivity contribution in [3.05, 3.63) is 59.5 Å². The van der Waals surface area contributed by atoms with E-state index in [1.54, 1.807) is 0 Å². The molecule has 0 nitrogen and oxygen atoms in total. The molecule has 2 aromatic carbocycles. The molecule has 86 valence electrons. The maximum absolute atomic E-state index is 4.15. The van der Waals surface area contributed by atoms with Crippen molar-refractivity contribution in [3.63, 3.8) is 0 Å². The lowest BCUT2D eigenvalue weighted by atomic mass is 9.97. The van der Waals surface area contributed by atoms with Gasteiger partial charge in [-0.15, -0.1) is 0 Å². The van der Waals surface area contributed by atoms with Gasteiger partial charge in [-0.05, 0) is 44.8 Å². The van der Waals surface area contributed by atoms with Crippen LogP contribution in [0.1, 0.15) is 13.8 Å². The molecule has 0 atom stereocenters. The van der Waals surface area contributed by atoms with E-state index in [9.17, 15) is 0 Å². The Labute approximate surface area is 103 Å². The van der Waals surface area contributed by atoms with E-state index in [4.69, 9.17) is 0 Å². The SMILES string of the molecule is C=C/C(=c1/cc2ccccc2cc1=C)C(C)C. The van der Waals surface area contributed by atoms with Crippen LogP contribution in [0.5, 0.6) is 0 Å². The van der Waals surface area contributed by atoms with Crippen molar-refractivity contribution in [2.45, 2.75) is 13.8 Å². The van der Waals surface area contributed by atoms with Crippen LogP contribution in [0.25, 0.3) is 22.9 Å². The quantitative estimate of drug-likeness (QED) is 0.731. The summed E-state index contributed by atoms with van der Waals surface area (Å²) >= 11 is 0. The average molecular weight is 222 g/mol. The van der Waals surface area contributed by atoms with E-state index in [0.29, 0.717) is 5.92 Å². The molecule has 0 saturated heterocycles. The minimum atomic E-state index is 0.467. The van der Waals surface area contributed by atoms with Crippen LogP contribution in [-0.4, -0.2) is 0 Å². The summed E-state index contributed by atoms with van der Waals surface area (Å²) in [6.45, 7) is 12.4. The maximum atomic E-state index is 4.15. The minimum absolute atomic E-state index is 0.467. The van der Waals surface area contributed by atoms with Crippen molar-refractivity contribution in [1.29, 1.82) is 0 Å². The highest BCUT2D eigenvalue weighted by molar-refractivity contribution is 5.83. The zero-order chi connectivity index (χ0) is 12.4. The van der Waals surface area contributed by atoms with Gasteiger partial charge in [0.1, 0.15) is 0 Å². The lowest BCUT2D eigenvalue weighted by Crippen LogP contribution is -2.26. The van der Waals surface area contributed by atoms with Gasteiger partial charge < -0.3 is 0 Å². The molecule has 0 unspecified atom stereocenters. The Bertz CT molecular complexity index is 660. The van der Waals surface area contributed by atoms with Crippen LogP contribution in [0, 0.1) is 5.92 Å². The molecule has 0 aliphatic rings. The highest BCUT2D eigenvalue weighted by Gasteiger charge is 2.01. The molecule has 0 bridgehead atoms. The van der Waals surface area contributed by atoms with Gasteiger partial charge in [-0.1, -0.05) is 57.3 Å². The average Bonchev–Trinajstić information content (AvgIpc) is 2.30. The maximum Gasteiger partial charge on any atom is -0.0149 e. The lowest BCUT2D eigenvalue weighted by molar-refractivity contribution is 0.855. The first-order valence-electron chi connectivity index (χ1n) is 5.98. The van der Waals surface area contributed by atoms with Gasteiger partial charge in [0.05, 0.1) is 0 Å². The highest BCUT2D eigenvalue weighted by Crippen LogP contribution is 2.12. The van der Waals surface area contributed by atoms with Gasteiger partial charge in [-0.3, -0.25) is 0 Å². The largest absolute Gasteiger partial charge is 0.0988 e. The number of hydrogen-bond donors (Lipinski definition) is 0. The van der Waals surface area contributed by atoms with Crippen LogP contribution < -0.4 is 10.4 Å². The molecule has 2 rings (SSSR count). The van der Waals surface area contributed by atoms with Crippen molar-refractivity contribution in [3.8, 4) is 0 Å². The summed E-state index contributed by atoms with van der Waals surface area (Å²) in [5, 5.41) is 4.80. The third kappa shape index (κ3) is 2.16. The van der Waals surface area contributed by atoms with Crippen molar-refractivity contribution in [2.24, 2.45) is 5.92 Å². The summed E-state index contributed by atoms with van der Waals surface area (Å²) in [5.41, 5.74) is 1.26. The molecular formula is C17H18. The molecule has 0 heteroatoms. The topological polar surface area (TPSA) is 0 Å². The second-order valence-electron chi connectivity index (χ2n) is 4.67. The first-order valence-corrected chi connectivity index (χ1v) is 5.98. The van der Waals surface area contributed by atoms with Gasteiger partial charge in [0.25, 0.3) is 0 Å². The first kappa shape index (κ1) is 11.7. The van der Waals surface area contributed by atoms with Crippen LogP contribution in [-0.2, 0) is 0 Å². The number of benzene rings is 2. The Kier molecular flexibility index (Phi) is 3.14. The van der Waals surface area contributed by atoms with Crippen LogP contribution in [0.4, 0.5) is 0 Å². The molecule has 0 heterocycles. The van der Waals surface area contributed by atoms with Crippen molar-refractivity contribution < 1.29 is 0 Å². The minimum Gasteiger partial charge on any atom is -0.0988 e. The van der Waals surface area contributed by atoms with Gasteiger partial charge in [0.15, 0.2) is 0 Å². The number of rotatable bonds is 2. The van der Waals surface area contributed by atoms with Crippen LogP contribution >= 0.6 is 0 Å². The smallest absolute Gasteiger partial charge is 0.0149 e. The van der Waals surface area contributed by atoms with E-state index in [1.165, 1.54) is 21.6 Å². The van der Waals surface area contributed by atoms with Crippen molar-refractivity contribution >= 4 is 22.9 Å². The van der Waals surface area contributed by atoms with E-state index in [0.717, 1.165) is 5.22 Å². The molecular weight excluding hydrogens is 204 g/mol. The zero-order valence-electron chi connectivity index (χ0n) is 10.5. The molecule has 0 fully saturated rings. The molecule has 0 aliphatic carbocycles. The zero-order valence-corrected chi connectivity index (χ0v) is 10.5. The van der Waals surface area contributed by atoms with E-state index in [1.807, 2.05) is 6.08 Å². The van der Waals surface area contributed by atoms with Gasteiger partial charge >= 0.3 is 0 Å². The van der Waals surface area contributed by atoms with E-state index in [-0.39, 0.29) is 0 Å². The normalized spacial score (nSPS) is 12.9. The van der Waals surface area contributed by atoms with E-state index < -0.39 is 0 Å². The van der Waals surface area contributed by atoms with Crippen molar-refractivity contribution in [2.75, 3.05) is 0 Å². The lowest BCUT2D eigenvalue weighted by Gasteiger charge is -2.07. The fraction of sp³-hybridized carbons (Fsp3) is 0.176. The van der Waals surface area contributed by atoms with Gasteiger partial charge in [0, 0.05) is 0 Å². The monoisotopic (exact) mass is 222 g/mol. The van der Waals surface area contributed by atoms with Gasteiger partial charge in [-0.25, -0.2) is 0 Å². The molecule has 0 N–H and O–H groups in total. The fourth-order valence-corrected chi connectivity index (χ4v) is 2.21. The van der Waals surface area contributed by atoms with Crippen LogP contribution in [0.15, 0.2) is 49.1 Å². The second-order valence-corrected chi connectivity index (χ2v) is 4.67. The Balaban J connectivity index is 2.92. The Morgan fingerprint density at radius 1 is 1.12 bits per heavy atom. The molecule has 0 radical (unpaired) electrons. The Morgan fingerprint density at radius 2 is 1.71 bits per heavy atom. The summed E-state index contributed by atoms with van der Waals surface area (Å²) in [7, 11) is 0. The van der Waals surface area contributed by atoms with Crippen LogP contribution in [0.3, 0.4) is 0 Å². The summed E-state index contributed by atoms with van der Waals surface area (Å²) < 4.78 is 0. The third-order valence-electron chi connectivity index (χ3n) is 3.12.